The van der Waals surface area contributed by atoms with Crippen LogP contribution >= 0.6 is 15.9 Å². The molecule has 0 radical (unpaired) electrons. The fraction of sp³-hybridized carbons (Fsp3) is 0.333. The second kappa shape index (κ2) is 8.53. The van der Waals surface area contributed by atoms with Crippen LogP contribution < -0.4 is 0 Å². The van der Waals surface area contributed by atoms with E-state index in [0.717, 1.165) is 11.1 Å². The van der Waals surface area contributed by atoms with Gasteiger partial charge in [-0.15, -0.1) is 0 Å². The molecule has 1 aromatic carbocycles. The number of rotatable bonds is 6. The lowest BCUT2D eigenvalue weighted by Gasteiger charge is -2.08. The maximum atomic E-state index is 11.9. The topological polar surface area (TPSA) is 52.6 Å². The number of halogens is 1. The van der Waals surface area contributed by atoms with Gasteiger partial charge in [-0.05, 0) is 31.1 Å². The van der Waals surface area contributed by atoms with Crippen LogP contribution in [0.3, 0.4) is 0 Å². The molecule has 0 aliphatic rings. The fourth-order valence-corrected chi connectivity index (χ4v) is 2.08. The smallest absolute Gasteiger partial charge is 0.345 e. The van der Waals surface area contributed by atoms with Crippen LogP contribution in [0.25, 0.3) is 6.08 Å². The molecule has 0 saturated carbocycles. The number of benzene rings is 1. The minimum absolute atomic E-state index is 0.0953. The van der Waals surface area contributed by atoms with E-state index in [2.05, 4.69) is 15.9 Å². The highest BCUT2D eigenvalue weighted by atomic mass is 79.9. The monoisotopic (exact) mass is 340 g/mol. The summed E-state index contributed by atoms with van der Waals surface area (Å²) in [5.74, 6) is -1.34. The van der Waals surface area contributed by atoms with Gasteiger partial charge in [-0.3, -0.25) is 0 Å². The summed E-state index contributed by atoms with van der Waals surface area (Å²) in [6.45, 7) is 3.78. The highest BCUT2D eigenvalue weighted by Crippen LogP contribution is 2.17. The molecule has 0 amide bonds. The molecule has 0 unspecified atom stereocenters. The molecular weight excluding hydrogens is 324 g/mol. The Morgan fingerprint density at radius 2 is 1.65 bits per heavy atom. The lowest BCUT2D eigenvalue weighted by Crippen LogP contribution is -2.18. The average Bonchev–Trinajstić information content (AvgIpc) is 2.45. The fourth-order valence-electron chi connectivity index (χ4n) is 1.57. The maximum absolute atomic E-state index is 11.9. The van der Waals surface area contributed by atoms with Crippen molar-refractivity contribution in [3.05, 3.63) is 41.0 Å². The molecular formula is C15H17BrO4. The van der Waals surface area contributed by atoms with E-state index in [1.807, 2.05) is 24.3 Å². The van der Waals surface area contributed by atoms with Crippen LogP contribution in [0, 0.1) is 0 Å². The molecule has 0 aromatic heterocycles. The van der Waals surface area contributed by atoms with Gasteiger partial charge in [-0.25, -0.2) is 9.59 Å². The standard InChI is InChI=1S/C15H17BrO4/c1-3-19-14(17)13(15(18)20-4-2)9-11-7-5-6-8-12(11)10-16/h5-9H,3-4,10H2,1-2H3. The Morgan fingerprint density at radius 3 is 2.15 bits per heavy atom. The lowest BCUT2D eigenvalue weighted by molar-refractivity contribution is -0.146. The molecule has 0 aliphatic carbocycles. The van der Waals surface area contributed by atoms with Gasteiger partial charge in [0.1, 0.15) is 5.57 Å². The van der Waals surface area contributed by atoms with E-state index in [9.17, 15) is 9.59 Å². The van der Waals surface area contributed by atoms with Gasteiger partial charge >= 0.3 is 11.9 Å². The first-order valence-corrected chi connectivity index (χ1v) is 7.46. The molecule has 0 saturated heterocycles. The number of carbonyl (C=O) groups is 2. The third-order valence-corrected chi connectivity index (χ3v) is 3.09. The molecule has 0 bridgehead atoms. The number of esters is 2. The molecule has 1 aromatic rings. The number of carbonyl (C=O) groups excluding carboxylic acids is 2. The van der Waals surface area contributed by atoms with Gasteiger partial charge in [0.2, 0.25) is 0 Å². The Labute approximate surface area is 126 Å². The largest absolute Gasteiger partial charge is 0.462 e. The molecule has 1 rings (SSSR count). The van der Waals surface area contributed by atoms with Crippen molar-refractivity contribution < 1.29 is 19.1 Å². The van der Waals surface area contributed by atoms with E-state index in [0.29, 0.717) is 5.33 Å². The minimum Gasteiger partial charge on any atom is -0.462 e. The van der Waals surface area contributed by atoms with Crippen molar-refractivity contribution in [1.29, 1.82) is 0 Å². The van der Waals surface area contributed by atoms with Crippen molar-refractivity contribution in [3.63, 3.8) is 0 Å². The summed E-state index contributed by atoms with van der Waals surface area (Å²) in [7, 11) is 0. The van der Waals surface area contributed by atoms with Crippen molar-refractivity contribution in [1.82, 2.24) is 0 Å². The molecule has 0 aliphatic heterocycles. The molecule has 0 N–H and O–H groups in total. The van der Waals surface area contributed by atoms with Crippen LogP contribution in [0.4, 0.5) is 0 Å². The molecule has 0 atom stereocenters. The van der Waals surface area contributed by atoms with Crippen molar-refractivity contribution >= 4 is 33.9 Å². The molecule has 4 nitrogen and oxygen atoms in total. The predicted octanol–water partition coefficient (Wildman–Crippen LogP) is 3.09. The summed E-state index contributed by atoms with van der Waals surface area (Å²) in [6.07, 6.45) is 1.51. The number of alkyl halides is 1. The molecule has 0 fully saturated rings. The highest BCUT2D eigenvalue weighted by Gasteiger charge is 2.21. The Hall–Kier alpha value is -1.62. The van der Waals surface area contributed by atoms with Crippen LogP contribution in [0.15, 0.2) is 29.8 Å². The zero-order chi connectivity index (χ0) is 15.0. The summed E-state index contributed by atoms with van der Waals surface area (Å²) >= 11 is 3.37. The predicted molar refractivity (Wildman–Crippen MR) is 80.3 cm³/mol. The van der Waals surface area contributed by atoms with E-state index in [1.165, 1.54) is 6.08 Å². The lowest BCUT2D eigenvalue weighted by atomic mass is 10.1. The summed E-state index contributed by atoms with van der Waals surface area (Å²) in [6, 6.07) is 7.47. The Balaban J connectivity index is 3.17. The second-order valence-corrected chi connectivity index (χ2v) is 4.39. The third-order valence-electron chi connectivity index (χ3n) is 2.49. The van der Waals surface area contributed by atoms with E-state index in [1.54, 1.807) is 13.8 Å². The van der Waals surface area contributed by atoms with Crippen molar-refractivity contribution in [2.75, 3.05) is 13.2 Å². The Kier molecular flexibility index (Phi) is 7.01. The quantitative estimate of drug-likeness (QED) is 0.262. The number of hydrogen-bond donors (Lipinski definition) is 0. The summed E-state index contributed by atoms with van der Waals surface area (Å²) in [4.78, 5) is 23.7. The molecule has 0 heterocycles. The van der Waals surface area contributed by atoms with E-state index < -0.39 is 11.9 Å². The average molecular weight is 341 g/mol. The van der Waals surface area contributed by atoms with Crippen LogP contribution in [-0.4, -0.2) is 25.2 Å². The Morgan fingerprint density at radius 1 is 1.10 bits per heavy atom. The maximum Gasteiger partial charge on any atom is 0.345 e. The third kappa shape index (κ3) is 4.49. The van der Waals surface area contributed by atoms with Crippen molar-refractivity contribution in [3.8, 4) is 0 Å². The van der Waals surface area contributed by atoms with Gasteiger partial charge in [0.25, 0.3) is 0 Å². The van der Waals surface area contributed by atoms with Gasteiger partial charge in [-0.1, -0.05) is 40.2 Å². The zero-order valence-electron chi connectivity index (χ0n) is 11.5. The van der Waals surface area contributed by atoms with Gasteiger partial charge in [0.05, 0.1) is 13.2 Å². The van der Waals surface area contributed by atoms with Crippen LogP contribution in [-0.2, 0) is 24.4 Å². The SMILES string of the molecule is CCOC(=O)C(=Cc1ccccc1CBr)C(=O)OCC. The van der Waals surface area contributed by atoms with Gasteiger partial charge < -0.3 is 9.47 Å². The Bertz CT molecular complexity index is 488. The van der Waals surface area contributed by atoms with Gasteiger partial charge in [0, 0.05) is 5.33 Å². The first-order valence-electron chi connectivity index (χ1n) is 6.33. The molecule has 5 heteroatoms. The van der Waals surface area contributed by atoms with Crippen molar-refractivity contribution in [2.24, 2.45) is 0 Å². The molecule has 0 spiro atoms. The van der Waals surface area contributed by atoms with Crippen LogP contribution in [0.5, 0.6) is 0 Å². The van der Waals surface area contributed by atoms with E-state index in [-0.39, 0.29) is 18.8 Å². The van der Waals surface area contributed by atoms with Crippen LogP contribution in [0.2, 0.25) is 0 Å². The van der Waals surface area contributed by atoms with E-state index in [4.69, 9.17) is 9.47 Å². The van der Waals surface area contributed by atoms with Crippen LogP contribution in [0.1, 0.15) is 25.0 Å². The first kappa shape index (κ1) is 16.4. The number of hydrogen-bond acceptors (Lipinski definition) is 4. The van der Waals surface area contributed by atoms with E-state index >= 15 is 0 Å². The zero-order valence-corrected chi connectivity index (χ0v) is 13.1. The first-order chi connectivity index (χ1) is 9.63. The molecule has 20 heavy (non-hydrogen) atoms. The summed E-state index contributed by atoms with van der Waals surface area (Å²) in [5.41, 5.74) is 1.65. The minimum atomic E-state index is -0.671. The summed E-state index contributed by atoms with van der Waals surface area (Å²) in [5, 5.41) is 0.624. The normalized spacial score (nSPS) is 9.75. The number of ether oxygens (including phenoxy) is 2. The van der Waals surface area contributed by atoms with Gasteiger partial charge in [0.15, 0.2) is 0 Å². The highest BCUT2D eigenvalue weighted by molar-refractivity contribution is 9.08. The molecule has 108 valence electrons. The summed E-state index contributed by atoms with van der Waals surface area (Å²) < 4.78 is 9.79. The van der Waals surface area contributed by atoms with Gasteiger partial charge in [-0.2, -0.15) is 0 Å². The van der Waals surface area contributed by atoms with Crippen molar-refractivity contribution in [2.45, 2.75) is 19.2 Å². The second-order valence-electron chi connectivity index (χ2n) is 3.83.